The first-order valence-electron chi connectivity index (χ1n) is 15.2. The van der Waals surface area contributed by atoms with Gasteiger partial charge in [0.25, 0.3) is 5.91 Å². The average molecular weight is 638 g/mol. The zero-order valence-electron chi connectivity index (χ0n) is 24.7. The van der Waals surface area contributed by atoms with Crippen molar-refractivity contribution in [2.24, 2.45) is 29.6 Å². The summed E-state index contributed by atoms with van der Waals surface area (Å²) in [6.45, 7) is 3.77. The number of aryl methyl sites for hydroxylation is 2. The third-order valence-electron chi connectivity index (χ3n) is 10.0. The molecule has 7 atom stereocenters. The van der Waals surface area contributed by atoms with Crippen LogP contribution in [0.25, 0.3) is 0 Å². The van der Waals surface area contributed by atoms with Crippen LogP contribution in [0.2, 0.25) is 0 Å². The summed E-state index contributed by atoms with van der Waals surface area (Å²) in [5, 5.41) is 3.86. The highest BCUT2D eigenvalue weighted by molar-refractivity contribution is 8.00. The molecule has 2 bridgehead atoms. The zero-order valence-corrected chi connectivity index (χ0v) is 26.3. The van der Waals surface area contributed by atoms with E-state index in [1.165, 1.54) is 16.2 Å². The highest BCUT2D eigenvalue weighted by Gasteiger charge is 2.69. The summed E-state index contributed by atoms with van der Waals surface area (Å²) in [6, 6.07) is 22.9. The molecule has 3 heterocycles. The Labute approximate surface area is 268 Å². The number of hydrogen-bond donors (Lipinski definition) is 2. The Morgan fingerprint density at radius 1 is 0.956 bits per heavy atom. The molecule has 8 rings (SSSR count). The maximum atomic E-state index is 14.0. The van der Waals surface area contributed by atoms with E-state index in [9.17, 15) is 19.2 Å². The van der Waals surface area contributed by atoms with Crippen LogP contribution in [0.3, 0.4) is 0 Å². The van der Waals surface area contributed by atoms with Gasteiger partial charge in [-0.05, 0) is 79.5 Å². The minimum absolute atomic E-state index is 0.0178. The van der Waals surface area contributed by atoms with Gasteiger partial charge in [0.15, 0.2) is 6.61 Å². The van der Waals surface area contributed by atoms with Crippen LogP contribution in [0.1, 0.15) is 33.9 Å². The van der Waals surface area contributed by atoms with Gasteiger partial charge in [0.05, 0.1) is 22.5 Å². The number of amides is 3. The van der Waals surface area contributed by atoms with Crippen LogP contribution in [0.4, 0.5) is 11.4 Å². The highest BCUT2D eigenvalue weighted by Crippen LogP contribution is 2.68. The summed E-state index contributed by atoms with van der Waals surface area (Å²) >= 11 is 2.89. The third-order valence-corrected chi connectivity index (χ3v) is 12.6. The summed E-state index contributed by atoms with van der Waals surface area (Å²) in [7, 11) is 0. The second-order valence-electron chi connectivity index (χ2n) is 12.5. The fourth-order valence-electron chi connectivity index (χ4n) is 8.18. The van der Waals surface area contributed by atoms with Gasteiger partial charge in [-0.2, -0.15) is 0 Å². The number of aromatic nitrogens is 1. The molecule has 1 aromatic heterocycles. The number of rotatable bonds is 6. The number of nitrogens with one attached hydrogen (secondary N) is 2. The molecule has 0 spiro atoms. The number of anilines is 2. The van der Waals surface area contributed by atoms with Crippen LogP contribution in [0.5, 0.6) is 5.75 Å². The molecule has 228 valence electrons. The molecule has 1 saturated heterocycles. The molecule has 2 aliphatic heterocycles. The molecular weight excluding hydrogens is 607 g/mol. The Kier molecular flexibility index (Phi) is 6.76. The minimum atomic E-state index is -0.366. The quantitative estimate of drug-likeness (QED) is 0.261. The Hall–Kier alpha value is -4.15. The number of thioether (sulfide) groups is 1. The molecule has 2 aliphatic carbocycles. The lowest BCUT2D eigenvalue weighted by Gasteiger charge is -2.43. The van der Waals surface area contributed by atoms with Crippen LogP contribution < -0.4 is 19.8 Å². The van der Waals surface area contributed by atoms with E-state index < -0.39 is 0 Å². The minimum Gasteiger partial charge on any atom is -0.484 e. The number of imide groups is 1. The number of aromatic amines is 1. The second-order valence-corrected chi connectivity index (χ2v) is 14.7. The number of carbonyl (C=O) groups excluding carboxylic acids is 3. The van der Waals surface area contributed by atoms with Crippen molar-refractivity contribution in [3.8, 4) is 5.75 Å². The van der Waals surface area contributed by atoms with E-state index in [1.807, 2.05) is 86.6 Å². The number of ether oxygens (including phenoxy) is 1. The van der Waals surface area contributed by atoms with E-state index in [1.54, 1.807) is 11.8 Å². The number of H-pyrrole nitrogens is 1. The smallest absolute Gasteiger partial charge is 0.305 e. The Balaban J connectivity index is 1.09. The van der Waals surface area contributed by atoms with Crippen LogP contribution in [-0.4, -0.2) is 34.6 Å². The lowest BCUT2D eigenvalue weighted by molar-refractivity contribution is -0.123. The topological polar surface area (TPSA) is 109 Å². The monoisotopic (exact) mass is 637 g/mol. The van der Waals surface area contributed by atoms with Crippen molar-refractivity contribution in [3.63, 3.8) is 0 Å². The number of benzene rings is 3. The lowest BCUT2D eigenvalue weighted by Crippen LogP contribution is -2.42. The van der Waals surface area contributed by atoms with E-state index in [-0.39, 0.29) is 70.0 Å². The molecule has 2 N–H and O–H groups in total. The number of hydrogen-bond acceptors (Lipinski definition) is 7. The van der Waals surface area contributed by atoms with E-state index >= 15 is 0 Å². The second kappa shape index (κ2) is 10.7. The first kappa shape index (κ1) is 28.3. The molecule has 0 radical (unpaired) electrons. The Morgan fingerprint density at radius 3 is 2.49 bits per heavy atom. The van der Waals surface area contributed by atoms with E-state index in [4.69, 9.17) is 4.74 Å². The van der Waals surface area contributed by atoms with E-state index in [0.29, 0.717) is 11.4 Å². The largest absolute Gasteiger partial charge is 0.484 e. The molecule has 4 unspecified atom stereocenters. The maximum absolute atomic E-state index is 14.0. The SMILES string of the molecule is Cc1ccc(N2C(=O)C3C(C2=O)[C@@H]2C[C@H]3C3Sc4[nH]c(=O)sc4[C@H](c4cccc(OCC(=O)Nc5ccccc5C)c4)C32)cc1. The number of nitrogens with zero attached hydrogens (tertiary/aromatic N) is 1. The molecule has 3 aromatic carbocycles. The van der Waals surface area contributed by atoms with Crippen LogP contribution in [0.15, 0.2) is 82.6 Å². The van der Waals surface area contributed by atoms with Gasteiger partial charge in [0, 0.05) is 21.7 Å². The van der Waals surface area contributed by atoms with Gasteiger partial charge in [0.1, 0.15) is 5.75 Å². The highest BCUT2D eigenvalue weighted by atomic mass is 32.2. The van der Waals surface area contributed by atoms with Crippen molar-refractivity contribution in [2.45, 2.75) is 36.5 Å². The standard InChI is InChI=1S/C35H31N3O5S2/c1-17-10-12-20(13-11-17)38-33(40)28-22-15-23(29(28)34(38)41)30-27(22)26(31-32(44-30)37-35(42)45-31)19-7-5-8-21(14-19)43-16-25(39)36-24-9-4-3-6-18(24)2/h3-14,22-23,26-30H,15-16H2,1-2H3,(H,36,39)(H,37,42)/t22-,23-,26-,27?,28?,29?,30?/m1/s1. The predicted molar refractivity (Wildman–Crippen MR) is 174 cm³/mol. The molecule has 8 nitrogen and oxygen atoms in total. The molecule has 4 aliphatic rings. The first-order chi connectivity index (χ1) is 21.8. The van der Waals surface area contributed by atoms with Gasteiger partial charge >= 0.3 is 4.87 Å². The van der Waals surface area contributed by atoms with E-state index in [0.717, 1.165) is 38.7 Å². The number of thiazole rings is 1. The van der Waals surface area contributed by atoms with Gasteiger partial charge in [-0.15, -0.1) is 11.8 Å². The summed E-state index contributed by atoms with van der Waals surface area (Å²) in [6.07, 6.45) is 0.821. The zero-order chi connectivity index (χ0) is 31.0. The first-order valence-corrected chi connectivity index (χ1v) is 16.9. The molecule has 2 saturated carbocycles. The van der Waals surface area contributed by atoms with Gasteiger partial charge in [-0.25, -0.2) is 0 Å². The van der Waals surface area contributed by atoms with Crippen LogP contribution in [0, 0.1) is 43.4 Å². The molecule has 45 heavy (non-hydrogen) atoms. The van der Waals surface area contributed by atoms with Gasteiger partial charge in [-0.3, -0.25) is 24.1 Å². The molecule has 4 aromatic rings. The Morgan fingerprint density at radius 2 is 1.71 bits per heavy atom. The van der Waals surface area contributed by atoms with Crippen molar-refractivity contribution in [2.75, 3.05) is 16.8 Å². The molecule has 3 fully saturated rings. The van der Waals surface area contributed by atoms with Gasteiger partial charge < -0.3 is 15.0 Å². The number of para-hydroxylation sites is 1. The van der Waals surface area contributed by atoms with Crippen molar-refractivity contribution >= 4 is 52.2 Å². The normalized spacial score (nSPS) is 27.7. The van der Waals surface area contributed by atoms with Crippen molar-refractivity contribution in [3.05, 3.63) is 104 Å². The number of carbonyl (C=O) groups is 3. The molecule has 10 heteroatoms. The van der Waals surface area contributed by atoms with Crippen LogP contribution >= 0.6 is 23.1 Å². The van der Waals surface area contributed by atoms with Crippen LogP contribution in [-0.2, 0) is 14.4 Å². The van der Waals surface area contributed by atoms with Crippen molar-refractivity contribution < 1.29 is 19.1 Å². The molecule has 3 amide bonds. The van der Waals surface area contributed by atoms with Crippen molar-refractivity contribution in [1.29, 1.82) is 0 Å². The average Bonchev–Trinajstić information content (AvgIpc) is 3.77. The van der Waals surface area contributed by atoms with Crippen molar-refractivity contribution in [1.82, 2.24) is 4.98 Å². The molecular formula is C35H31N3O5S2. The number of fused-ring (bicyclic) bond motifs is 9. The summed E-state index contributed by atoms with van der Waals surface area (Å²) < 4.78 is 5.96. The van der Waals surface area contributed by atoms with Gasteiger partial charge in [-0.1, -0.05) is 59.4 Å². The lowest BCUT2D eigenvalue weighted by atomic mass is 9.68. The fraction of sp³-hybridized carbons (Fsp3) is 0.314. The summed E-state index contributed by atoms with van der Waals surface area (Å²) in [4.78, 5) is 58.5. The summed E-state index contributed by atoms with van der Waals surface area (Å²) in [5.41, 5.74) is 4.40. The third kappa shape index (κ3) is 4.56. The fourth-order valence-corrected chi connectivity index (χ4v) is 11.1. The Bertz CT molecular complexity index is 1920. The predicted octanol–water partition coefficient (Wildman–Crippen LogP) is 5.75. The van der Waals surface area contributed by atoms with E-state index in [2.05, 4.69) is 10.3 Å². The maximum Gasteiger partial charge on any atom is 0.305 e. The summed E-state index contributed by atoms with van der Waals surface area (Å²) in [5.74, 6) is -0.589. The van der Waals surface area contributed by atoms with Gasteiger partial charge in [0.2, 0.25) is 11.8 Å².